The van der Waals surface area contributed by atoms with E-state index in [1.165, 1.54) is 0 Å². The molecule has 0 aliphatic rings. The molecule has 2 aromatic heterocycles. The molecule has 0 amide bonds. The van der Waals surface area contributed by atoms with E-state index in [4.69, 9.17) is 10.5 Å². The summed E-state index contributed by atoms with van der Waals surface area (Å²) in [6, 6.07) is 13.8. The summed E-state index contributed by atoms with van der Waals surface area (Å²) in [4.78, 5) is 8.92. The van der Waals surface area contributed by atoms with Crippen molar-refractivity contribution in [2.45, 2.75) is 20.0 Å². The quantitative estimate of drug-likeness (QED) is 0.356. The molecule has 3 aromatic rings. The Morgan fingerprint density at radius 2 is 2.04 bits per heavy atom. The Hall–Kier alpha value is -2.29. The van der Waals surface area contributed by atoms with Crippen molar-refractivity contribution in [3.63, 3.8) is 0 Å². The SMILES string of the molecule is COc1ccccc1CN=C(N)NCc1cn2c(C)cccc2n1.I. The van der Waals surface area contributed by atoms with Gasteiger partial charge >= 0.3 is 0 Å². The van der Waals surface area contributed by atoms with Crippen molar-refractivity contribution in [3.05, 3.63) is 65.6 Å². The highest BCUT2D eigenvalue weighted by atomic mass is 127. The minimum absolute atomic E-state index is 0. The van der Waals surface area contributed by atoms with Crippen molar-refractivity contribution in [3.8, 4) is 5.75 Å². The minimum Gasteiger partial charge on any atom is -0.496 e. The summed E-state index contributed by atoms with van der Waals surface area (Å²) in [5.41, 5.74) is 9.93. The highest BCUT2D eigenvalue weighted by Gasteiger charge is 2.04. The number of para-hydroxylation sites is 1. The summed E-state index contributed by atoms with van der Waals surface area (Å²) >= 11 is 0. The van der Waals surface area contributed by atoms with Gasteiger partial charge in [0.05, 0.1) is 25.9 Å². The van der Waals surface area contributed by atoms with E-state index in [2.05, 4.69) is 32.7 Å². The number of ether oxygens (including phenoxy) is 1. The fourth-order valence-electron chi connectivity index (χ4n) is 2.52. The van der Waals surface area contributed by atoms with Crippen molar-refractivity contribution >= 4 is 35.6 Å². The van der Waals surface area contributed by atoms with Gasteiger partial charge in [0, 0.05) is 17.5 Å². The van der Waals surface area contributed by atoms with Crippen LogP contribution in [0.1, 0.15) is 17.0 Å². The molecule has 0 spiro atoms. The highest BCUT2D eigenvalue weighted by Crippen LogP contribution is 2.17. The van der Waals surface area contributed by atoms with E-state index in [9.17, 15) is 0 Å². The molecule has 0 unspecified atom stereocenters. The molecule has 0 radical (unpaired) electrons. The molecule has 25 heavy (non-hydrogen) atoms. The van der Waals surface area contributed by atoms with Crippen molar-refractivity contribution in [2.24, 2.45) is 10.7 Å². The number of nitrogens with zero attached hydrogens (tertiary/aromatic N) is 3. The molecule has 2 heterocycles. The lowest BCUT2D eigenvalue weighted by Gasteiger charge is -2.07. The number of nitrogens with one attached hydrogen (secondary N) is 1. The first-order chi connectivity index (χ1) is 11.7. The largest absolute Gasteiger partial charge is 0.496 e. The highest BCUT2D eigenvalue weighted by molar-refractivity contribution is 14.0. The third kappa shape index (κ3) is 4.62. The smallest absolute Gasteiger partial charge is 0.189 e. The second-order valence-electron chi connectivity index (χ2n) is 5.49. The predicted molar refractivity (Wildman–Crippen MR) is 111 cm³/mol. The maximum atomic E-state index is 5.95. The van der Waals surface area contributed by atoms with Crippen molar-refractivity contribution < 1.29 is 4.74 Å². The maximum Gasteiger partial charge on any atom is 0.189 e. The Morgan fingerprint density at radius 3 is 2.80 bits per heavy atom. The Bertz CT molecular complexity index is 875. The Labute approximate surface area is 164 Å². The summed E-state index contributed by atoms with van der Waals surface area (Å²) in [5, 5.41) is 3.10. The number of imidazole rings is 1. The molecule has 0 saturated carbocycles. The summed E-state index contributed by atoms with van der Waals surface area (Å²) < 4.78 is 7.36. The van der Waals surface area contributed by atoms with Gasteiger partial charge in [0.15, 0.2) is 5.96 Å². The lowest BCUT2D eigenvalue weighted by molar-refractivity contribution is 0.410. The van der Waals surface area contributed by atoms with Crippen LogP contribution in [0.2, 0.25) is 0 Å². The monoisotopic (exact) mass is 451 g/mol. The number of fused-ring (bicyclic) bond motifs is 1. The average molecular weight is 451 g/mol. The van der Waals surface area contributed by atoms with Crippen LogP contribution in [0.3, 0.4) is 0 Å². The van der Waals surface area contributed by atoms with Gasteiger partial charge in [-0.2, -0.15) is 0 Å². The molecule has 7 heteroatoms. The number of aromatic nitrogens is 2. The molecule has 0 aliphatic carbocycles. The number of guanidine groups is 1. The third-order valence-corrected chi connectivity index (χ3v) is 3.81. The van der Waals surface area contributed by atoms with Gasteiger partial charge in [-0.1, -0.05) is 24.3 Å². The van der Waals surface area contributed by atoms with Crippen LogP contribution >= 0.6 is 24.0 Å². The Morgan fingerprint density at radius 1 is 1.24 bits per heavy atom. The zero-order chi connectivity index (χ0) is 16.9. The molecule has 3 rings (SSSR count). The molecule has 1 aromatic carbocycles. The van der Waals surface area contributed by atoms with E-state index < -0.39 is 0 Å². The van der Waals surface area contributed by atoms with E-state index in [0.717, 1.165) is 28.3 Å². The van der Waals surface area contributed by atoms with Crippen LogP contribution in [-0.2, 0) is 13.1 Å². The van der Waals surface area contributed by atoms with Crippen LogP contribution in [0.15, 0.2) is 53.7 Å². The van der Waals surface area contributed by atoms with E-state index in [-0.39, 0.29) is 24.0 Å². The molecule has 0 atom stereocenters. The molecule has 0 saturated heterocycles. The number of nitrogens with two attached hydrogens (primary N) is 1. The molecule has 3 N–H and O–H groups in total. The number of aryl methyl sites for hydroxylation is 1. The lowest BCUT2D eigenvalue weighted by atomic mass is 10.2. The number of benzene rings is 1. The van der Waals surface area contributed by atoms with E-state index in [1.54, 1.807) is 7.11 Å². The summed E-state index contributed by atoms with van der Waals surface area (Å²) in [5.74, 6) is 1.19. The van der Waals surface area contributed by atoms with Gasteiger partial charge in [-0.25, -0.2) is 9.98 Å². The summed E-state index contributed by atoms with van der Waals surface area (Å²) in [6.07, 6.45) is 2.01. The van der Waals surface area contributed by atoms with Gasteiger partial charge in [0.25, 0.3) is 0 Å². The second kappa shape index (κ2) is 8.70. The first kappa shape index (κ1) is 19.0. The van der Waals surface area contributed by atoms with E-state index in [0.29, 0.717) is 19.0 Å². The van der Waals surface area contributed by atoms with Gasteiger partial charge in [0.1, 0.15) is 11.4 Å². The number of hydrogen-bond donors (Lipinski definition) is 2. The van der Waals surface area contributed by atoms with E-state index in [1.807, 2.05) is 42.6 Å². The van der Waals surface area contributed by atoms with Gasteiger partial charge in [-0.15, -0.1) is 24.0 Å². The fourth-order valence-corrected chi connectivity index (χ4v) is 2.52. The normalized spacial score (nSPS) is 11.2. The third-order valence-electron chi connectivity index (χ3n) is 3.81. The zero-order valence-electron chi connectivity index (χ0n) is 14.3. The van der Waals surface area contributed by atoms with Gasteiger partial charge in [-0.3, -0.25) is 0 Å². The molecule has 0 fully saturated rings. The number of methoxy groups -OCH3 is 1. The Balaban J connectivity index is 0.00000225. The van der Waals surface area contributed by atoms with Crippen molar-refractivity contribution in [2.75, 3.05) is 7.11 Å². The second-order valence-corrected chi connectivity index (χ2v) is 5.49. The van der Waals surface area contributed by atoms with E-state index >= 15 is 0 Å². The standard InChI is InChI=1S/C18H21N5O.HI/c1-13-6-5-9-17-22-15(12-23(13)17)11-21-18(19)20-10-14-7-3-4-8-16(14)24-2;/h3-9,12H,10-11H2,1-2H3,(H3,19,20,21);1H. The van der Waals surface area contributed by atoms with Gasteiger partial charge < -0.3 is 20.2 Å². The van der Waals surface area contributed by atoms with Gasteiger partial charge in [-0.05, 0) is 25.1 Å². The number of rotatable bonds is 5. The summed E-state index contributed by atoms with van der Waals surface area (Å²) in [7, 11) is 1.65. The number of halogens is 1. The molecule has 132 valence electrons. The molecule has 0 aliphatic heterocycles. The van der Waals surface area contributed by atoms with Crippen molar-refractivity contribution in [1.29, 1.82) is 0 Å². The predicted octanol–water partition coefficient (Wildman–Crippen LogP) is 2.87. The first-order valence-corrected chi connectivity index (χ1v) is 7.76. The van der Waals surface area contributed by atoms with Crippen LogP contribution in [0, 0.1) is 6.92 Å². The lowest BCUT2D eigenvalue weighted by Crippen LogP contribution is -2.31. The maximum absolute atomic E-state index is 5.95. The van der Waals surface area contributed by atoms with Crippen LogP contribution in [-0.4, -0.2) is 22.5 Å². The number of hydrogen-bond acceptors (Lipinski definition) is 3. The van der Waals surface area contributed by atoms with Crippen LogP contribution < -0.4 is 15.8 Å². The van der Waals surface area contributed by atoms with Crippen molar-refractivity contribution in [1.82, 2.24) is 14.7 Å². The van der Waals surface area contributed by atoms with Crippen LogP contribution in [0.5, 0.6) is 5.75 Å². The van der Waals surface area contributed by atoms with Crippen LogP contribution in [0.4, 0.5) is 0 Å². The zero-order valence-corrected chi connectivity index (χ0v) is 16.6. The fraction of sp³-hybridized carbons (Fsp3) is 0.222. The topological polar surface area (TPSA) is 76.9 Å². The first-order valence-electron chi connectivity index (χ1n) is 7.76. The number of aliphatic imine (C=N–C) groups is 1. The minimum atomic E-state index is 0. The van der Waals surface area contributed by atoms with Gasteiger partial charge in [0.2, 0.25) is 0 Å². The summed E-state index contributed by atoms with van der Waals surface area (Å²) in [6.45, 7) is 3.05. The molecule has 6 nitrogen and oxygen atoms in total. The average Bonchev–Trinajstić information content (AvgIpc) is 3.03. The molecule has 0 bridgehead atoms. The molecular weight excluding hydrogens is 429 g/mol. The Kier molecular flexibility index (Phi) is 6.63. The number of pyridine rings is 1. The van der Waals surface area contributed by atoms with Crippen LogP contribution in [0.25, 0.3) is 5.65 Å². The molecular formula is C18H22IN5O.